The Morgan fingerprint density at radius 1 is 1.30 bits per heavy atom. The van der Waals surface area contributed by atoms with Gasteiger partial charge < -0.3 is 25.8 Å². The van der Waals surface area contributed by atoms with Crippen LogP contribution in [0.25, 0.3) is 0 Å². The van der Waals surface area contributed by atoms with Crippen molar-refractivity contribution in [3.05, 3.63) is 0 Å². The summed E-state index contributed by atoms with van der Waals surface area (Å²) < 4.78 is 4.66. The van der Waals surface area contributed by atoms with Crippen molar-refractivity contribution in [1.82, 2.24) is 0 Å². The molecular formula is C5H13NO4. The van der Waals surface area contributed by atoms with Crippen molar-refractivity contribution in [2.75, 3.05) is 19.8 Å². The summed E-state index contributed by atoms with van der Waals surface area (Å²) in [7, 11) is 0. The zero-order valence-corrected chi connectivity index (χ0v) is 5.60. The summed E-state index contributed by atoms with van der Waals surface area (Å²) in [5.41, 5.74) is 4.91. The van der Waals surface area contributed by atoms with Gasteiger partial charge in [-0.3, -0.25) is 0 Å². The van der Waals surface area contributed by atoms with Crippen LogP contribution in [0.1, 0.15) is 0 Å². The Kier molecular flexibility index (Phi) is 5.46. The van der Waals surface area contributed by atoms with Crippen molar-refractivity contribution >= 4 is 0 Å². The average molecular weight is 151 g/mol. The first-order valence-corrected chi connectivity index (χ1v) is 2.97. The van der Waals surface area contributed by atoms with Crippen LogP contribution >= 0.6 is 0 Å². The Morgan fingerprint density at radius 2 is 1.90 bits per heavy atom. The van der Waals surface area contributed by atoms with E-state index >= 15 is 0 Å². The van der Waals surface area contributed by atoms with Gasteiger partial charge in [0.2, 0.25) is 0 Å². The molecule has 5 nitrogen and oxygen atoms in total. The lowest BCUT2D eigenvalue weighted by atomic mass is 10.4. The Hall–Kier alpha value is -0.200. The Morgan fingerprint density at radius 3 is 2.30 bits per heavy atom. The van der Waals surface area contributed by atoms with Gasteiger partial charge in [-0.2, -0.15) is 0 Å². The third kappa shape index (κ3) is 5.93. The van der Waals surface area contributed by atoms with Crippen molar-refractivity contribution in [3.63, 3.8) is 0 Å². The molecule has 0 radical (unpaired) electrons. The smallest absolute Gasteiger partial charge is 0.126 e. The molecule has 0 saturated heterocycles. The highest BCUT2D eigenvalue weighted by Gasteiger charge is 2.02. The van der Waals surface area contributed by atoms with Crippen molar-refractivity contribution in [2.45, 2.75) is 12.3 Å². The van der Waals surface area contributed by atoms with Gasteiger partial charge in [0.15, 0.2) is 0 Å². The third-order valence-electron chi connectivity index (χ3n) is 0.810. The highest BCUT2D eigenvalue weighted by molar-refractivity contribution is 4.49. The van der Waals surface area contributed by atoms with Crippen LogP contribution in [0.3, 0.4) is 0 Å². The number of ether oxygens (including phenoxy) is 1. The second-order valence-corrected chi connectivity index (χ2v) is 1.94. The van der Waals surface area contributed by atoms with E-state index in [-0.39, 0.29) is 19.8 Å². The molecule has 0 rings (SSSR count). The minimum Gasteiger partial charge on any atom is -0.394 e. The van der Waals surface area contributed by atoms with E-state index in [1.807, 2.05) is 0 Å². The van der Waals surface area contributed by atoms with Crippen LogP contribution in [-0.2, 0) is 4.74 Å². The van der Waals surface area contributed by atoms with Gasteiger partial charge in [-0.15, -0.1) is 0 Å². The van der Waals surface area contributed by atoms with E-state index < -0.39 is 12.3 Å². The van der Waals surface area contributed by atoms with Crippen LogP contribution in [0.5, 0.6) is 0 Å². The Balaban J connectivity index is 3.03. The fourth-order valence-corrected chi connectivity index (χ4v) is 0.378. The summed E-state index contributed by atoms with van der Waals surface area (Å²) in [6.45, 7) is -0.386. The monoisotopic (exact) mass is 151 g/mol. The summed E-state index contributed by atoms with van der Waals surface area (Å²) in [4.78, 5) is 0. The molecule has 0 saturated carbocycles. The van der Waals surface area contributed by atoms with Crippen molar-refractivity contribution in [2.24, 2.45) is 5.73 Å². The fourth-order valence-electron chi connectivity index (χ4n) is 0.378. The lowest BCUT2D eigenvalue weighted by Crippen LogP contribution is -2.28. The number of aliphatic hydroxyl groups is 3. The van der Waals surface area contributed by atoms with Gasteiger partial charge in [0.1, 0.15) is 12.3 Å². The quantitative estimate of drug-likeness (QED) is 0.329. The summed E-state index contributed by atoms with van der Waals surface area (Å²) in [6, 6.07) is 0. The minimum absolute atomic E-state index is 0.00917. The molecule has 62 valence electrons. The van der Waals surface area contributed by atoms with Crippen LogP contribution < -0.4 is 5.73 Å². The second-order valence-electron chi connectivity index (χ2n) is 1.94. The first-order chi connectivity index (χ1) is 4.66. The van der Waals surface area contributed by atoms with Gasteiger partial charge in [-0.1, -0.05) is 0 Å². The molecule has 0 aliphatic heterocycles. The van der Waals surface area contributed by atoms with Crippen molar-refractivity contribution in [3.8, 4) is 0 Å². The number of rotatable bonds is 5. The molecule has 5 N–H and O–H groups in total. The molecule has 10 heavy (non-hydrogen) atoms. The Labute approximate surface area is 59.0 Å². The zero-order chi connectivity index (χ0) is 7.98. The minimum atomic E-state index is -1.02. The van der Waals surface area contributed by atoms with Gasteiger partial charge in [-0.05, 0) is 0 Å². The van der Waals surface area contributed by atoms with E-state index in [1.54, 1.807) is 0 Å². The van der Waals surface area contributed by atoms with E-state index in [2.05, 4.69) is 4.74 Å². The molecule has 0 aliphatic rings. The van der Waals surface area contributed by atoms with E-state index in [0.29, 0.717) is 0 Å². The number of aliphatic hydroxyl groups excluding tert-OH is 3. The van der Waals surface area contributed by atoms with E-state index in [9.17, 15) is 0 Å². The molecule has 0 aromatic carbocycles. The van der Waals surface area contributed by atoms with Gasteiger partial charge in [-0.25, -0.2) is 0 Å². The lowest BCUT2D eigenvalue weighted by molar-refractivity contribution is -0.0226. The lowest BCUT2D eigenvalue weighted by Gasteiger charge is -2.08. The van der Waals surface area contributed by atoms with Crippen LogP contribution in [-0.4, -0.2) is 47.5 Å². The predicted octanol–water partition coefficient (Wildman–Crippen LogP) is -2.37. The Bertz CT molecular complexity index is 78.0. The van der Waals surface area contributed by atoms with E-state index in [1.165, 1.54) is 0 Å². The van der Waals surface area contributed by atoms with Gasteiger partial charge in [0.25, 0.3) is 0 Å². The molecule has 0 heterocycles. The summed E-state index contributed by atoms with van der Waals surface area (Å²) in [5, 5.41) is 25.4. The zero-order valence-electron chi connectivity index (χ0n) is 5.60. The number of hydrogen-bond donors (Lipinski definition) is 4. The molecule has 0 aromatic rings. The molecule has 0 fully saturated rings. The number of nitrogens with two attached hydrogens (primary N) is 1. The fraction of sp³-hybridized carbons (Fsp3) is 1.00. The van der Waals surface area contributed by atoms with E-state index in [0.717, 1.165) is 0 Å². The molecule has 0 amide bonds. The predicted molar refractivity (Wildman–Crippen MR) is 34.1 cm³/mol. The van der Waals surface area contributed by atoms with Crippen LogP contribution in [0.4, 0.5) is 0 Å². The molecule has 0 spiro atoms. The normalized spacial score (nSPS) is 16.8. The standard InChI is InChI=1S/C5H13NO4/c6-5(9)3-10-2-4(8)1-7/h4-5,7-9H,1-3,6H2. The van der Waals surface area contributed by atoms with Gasteiger partial charge in [0.05, 0.1) is 19.8 Å². The molecule has 2 unspecified atom stereocenters. The molecule has 0 bridgehead atoms. The second kappa shape index (κ2) is 5.57. The molecular weight excluding hydrogens is 138 g/mol. The maximum atomic E-state index is 8.67. The third-order valence-corrected chi connectivity index (χ3v) is 0.810. The molecule has 5 heteroatoms. The van der Waals surface area contributed by atoms with Crippen LogP contribution in [0.2, 0.25) is 0 Å². The van der Waals surface area contributed by atoms with Gasteiger partial charge >= 0.3 is 0 Å². The molecule has 0 aromatic heterocycles. The topological polar surface area (TPSA) is 95.9 Å². The average Bonchev–Trinajstić information content (AvgIpc) is 1.87. The van der Waals surface area contributed by atoms with Gasteiger partial charge in [0, 0.05) is 0 Å². The summed E-state index contributed by atoms with van der Waals surface area (Å²) in [5.74, 6) is 0. The maximum absolute atomic E-state index is 8.67. The van der Waals surface area contributed by atoms with Crippen LogP contribution in [0.15, 0.2) is 0 Å². The molecule has 0 aliphatic carbocycles. The first kappa shape index (κ1) is 9.80. The highest BCUT2D eigenvalue weighted by atomic mass is 16.5. The van der Waals surface area contributed by atoms with Crippen LogP contribution in [0, 0.1) is 0 Å². The summed E-state index contributed by atoms with van der Waals surface area (Å²) in [6.07, 6.45) is -1.91. The largest absolute Gasteiger partial charge is 0.394 e. The highest BCUT2D eigenvalue weighted by Crippen LogP contribution is 1.83. The molecule has 2 atom stereocenters. The summed E-state index contributed by atoms with van der Waals surface area (Å²) >= 11 is 0. The first-order valence-electron chi connectivity index (χ1n) is 2.97. The van der Waals surface area contributed by atoms with E-state index in [4.69, 9.17) is 21.1 Å². The van der Waals surface area contributed by atoms with Crippen molar-refractivity contribution in [1.29, 1.82) is 0 Å². The SMILES string of the molecule is NC(O)COCC(O)CO. The number of hydrogen-bond acceptors (Lipinski definition) is 5. The van der Waals surface area contributed by atoms with Crippen molar-refractivity contribution < 1.29 is 20.1 Å². The maximum Gasteiger partial charge on any atom is 0.126 e.